The summed E-state index contributed by atoms with van der Waals surface area (Å²) in [6.07, 6.45) is 5.34. The van der Waals surface area contributed by atoms with Crippen molar-refractivity contribution >= 4 is 0 Å². The van der Waals surface area contributed by atoms with Crippen molar-refractivity contribution in [2.45, 2.75) is 45.3 Å². The van der Waals surface area contributed by atoms with Crippen LogP contribution in [0.1, 0.15) is 44.2 Å². The number of nitrogens with one attached hydrogen (secondary N) is 1. The van der Waals surface area contributed by atoms with Gasteiger partial charge in [0.1, 0.15) is 5.75 Å². The van der Waals surface area contributed by atoms with Crippen molar-refractivity contribution in [3.63, 3.8) is 0 Å². The number of benzene rings is 1. The molecule has 1 aliphatic carbocycles. The zero-order valence-electron chi connectivity index (χ0n) is 11.2. The molecule has 106 valence electrons. The molecule has 1 aromatic rings. The summed E-state index contributed by atoms with van der Waals surface area (Å²) in [7, 11) is 0. The van der Waals surface area contributed by atoms with E-state index in [4.69, 9.17) is 0 Å². The van der Waals surface area contributed by atoms with E-state index < -0.39 is 6.61 Å². The lowest BCUT2D eigenvalue weighted by atomic mass is 10.1. The molecule has 0 heterocycles. The van der Waals surface area contributed by atoms with Crippen LogP contribution in [0, 0.1) is 5.92 Å². The van der Waals surface area contributed by atoms with Crippen LogP contribution in [0.3, 0.4) is 0 Å². The Morgan fingerprint density at radius 2 is 1.84 bits per heavy atom. The summed E-state index contributed by atoms with van der Waals surface area (Å²) in [6.45, 7) is 0.373. The van der Waals surface area contributed by atoms with Crippen molar-refractivity contribution in [1.29, 1.82) is 0 Å². The van der Waals surface area contributed by atoms with E-state index in [1.165, 1.54) is 25.7 Å². The molecule has 2 rings (SSSR count). The van der Waals surface area contributed by atoms with Crippen molar-refractivity contribution in [1.82, 2.24) is 5.32 Å². The molecule has 1 fully saturated rings. The van der Waals surface area contributed by atoms with Crippen LogP contribution in [-0.4, -0.2) is 13.2 Å². The van der Waals surface area contributed by atoms with Crippen LogP contribution in [0.2, 0.25) is 0 Å². The number of hydrogen-bond acceptors (Lipinski definition) is 2. The van der Waals surface area contributed by atoms with Crippen molar-refractivity contribution in [2.75, 3.05) is 6.54 Å². The summed E-state index contributed by atoms with van der Waals surface area (Å²) < 4.78 is 28.4. The van der Waals surface area contributed by atoms with Crippen LogP contribution in [0.15, 0.2) is 24.3 Å². The average Bonchev–Trinajstić information content (AvgIpc) is 2.89. The predicted octanol–water partition coefficient (Wildman–Crippen LogP) is 4.13. The zero-order chi connectivity index (χ0) is 13.7. The molecule has 0 amide bonds. The molecule has 1 unspecified atom stereocenters. The maximum absolute atomic E-state index is 12.0. The minimum Gasteiger partial charge on any atom is -0.435 e. The van der Waals surface area contributed by atoms with Gasteiger partial charge in [-0.25, -0.2) is 0 Å². The van der Waals surface area contributed by atoms with Gasteiger partial charge >= 0.3 is 6.61 Å². The summed E-state index contributed by atoms with van der Waals surface area (Å²) >= 11 is 0. The van der Waals surface area contributed by atoms with E-state index in [0.29, 0.717) is 0 Å². The van der Waals surface area contributed by atoms with Gasteiger partial charge in [0.25, 0.3) is 0 Å². The number of halogens is 2. The summed E-state index contributed by atoms with van der Waals surface area (Å²) in [5.74, 6) is 1.01. The minimum absolute atomic E-state index is 0.210. The van der Waals surface area contributed by atoms with Gasteiger partial charge in [-0.3, -0.25) is 0 Å². The van der Waals surface area contributed by atoms with E-state index in [2.05, 4.69) is 17.0 Å². The van der Waals surface area contributed by atoms with E-state index in [0.717, 1.165) is 18.0 Å². The highest BCUT2D eigenvalue weighted by Crippen LogP contribution is 2.25. The lowest BCUT2D eigenvalue weighted by Gasteiger charge is -2.17. The predicted molar refractivity (Wildman–Crippen MR) is 71.4 cm³/mol. The topological polar surface area (TPSA) is 21.3 Å². The van der Waals surface area contributed by atoms with Crippen LogP contribution in [-0.2, 0) is 0 Å². The van der Waals surface area contributed by atoms with Gasteiger partial charge in [-0.2, -0.15) is 8.78 Å². The van der Waals surface area contributed by atoms with Crippen LogP contribution in [0.5, 0.6) is 5.75 Å². The highest BCUT2D eigenvalue weighted by Gasteiger charge is 2.16. The maximum atomic E-state index is 12.0. The van der Waals surface area contributed by atoms with Gasteiger partial charge < -0.3 is 10.1 Å². The fraction of sp³-hybridized carbons (Fsp3) is 0.600. The summed E-state index contributed by atoms with van der Waals surface area (Å²) in [6, 6.07) is 7.10. The molecule has 1 N–H and O–H groups in total. The first kappa shape index (κ1) is 14.3. The molecule has 0 aromatic heterocycles. The van der Waals surface area contributed by atoms with Crippen molar-refractivity contribution in [3.8, 4) is 5.75 Å². The zero-order valence-corrected chi connectivity index (χ0v) is 11.2. The lowest BCUT2D eigenvalue weighted by Crippen LogP contribution is -2.24. The fourth-order valence-corrected chi connectivity index (χ4v) is 2.61. The summed E-state index contributed by atoms with van der Waals surface area (Å²) in [4.78, 5) is 0. The normalized spacial score (nSPS) is 17.9. The molecule has 0 aliphatic heterocycles. The van der Waals surface area contributed by atoms with Crippen LogP contribution < -0.4 is 10.1 Å². The molecule has 1 saturated carbocycles. The smallest absolute Gasteiger partial charge is 0.387 e. The van der Waals surface area contributed by atoms with Crippen molar-refractivity contribution in [2.24, 2.45) is 5.92 Å². The van der Waals surface area contributed by atoms with Gasteiger partial charge in [0, 0.05) is 6.04 Å². The highest BCUT2D eigenvalue weighted by atomic mass is 19.3. The van der Waals surface area contributed by atoms with Crippen molar-refractivity contribution in [3.05, 3.63) is 29.8 Å². The Morgan fingerprint density at radius 1 is 1.21 bits per heavy atom. The van der Waals surface area contributed by atoms with Gasteiger partial charge in [-0.05, 0) is 49.9 Å². The Bertz CT molecular complexity index is 374. The van der Waals surface area contributed by atoms with Gasteiger partial charge in [-0.15, -0.1) is 0 Å². The molecule has 0 spiro atoms. The monoisotopic (exact) mass is 269 g/mol. The standard InChI is InChI=1S/C15H21F2NO/c1-11(18-10-12-4-2-3-5-12)13-6-8-14(9-7-13)19-15(16)17/h6-9,11-12,15,18H,2-5,10H2,1H3. The van der Waals surface area contributed by atoms with E-state index >= 15 is 0 Å². The second-order valence-electron chi connectivity index (χ2n) is 5.23. The first-order chi connectivity index (χ1) is 9.15. The van der Waals surface area contributed by atoms with Crippen LogP contribution in [0.25, 0.3) is 0 Å². The second kappa shape index (κ2) is 6.85. The summed E-state index contributed by atoms with van der Waals surface area (Å²) in [5, 5.41) is 3.51. The molecular formula is C15H21F2NO. The molecular weight excluding hydrogens is 248 g/mol. The Hall–Kier alpha value is -1.16. The average molecular weight is 269 g/mol. The quantitative estimate of drug-likeness (QED) is 0.838. The van der Waals surface area contributed by atoms with Crippen LogP contribution in [0.4, 0.5) is 8.78 Å². The molecule has 1 aromatic carbocycles. The molecule has 1 aliphatic rings. The molecule has 4 heteroatoms. The Kier molecular flexibility index (Phi) is 5.14. The van der Waals surface area contributed by atoms with Crippen LogP contribution >= 0.6 is 0 Å². The number of alkyl halides is 2. The van der Waals surface area contributed by atoms with Gasteiger partial charge in [0.2, 0.25) is 0 Å². The van der Waals surface area contributed by atoms with E-state index in [1.54, 1.807) is 12.1 Å². The Balaban J connectivity index is 1.82. The molecule has 2 nitrogen and oxygen atoms in total. The largest absolute Gasteiger partial charge is 0.435 e. The number of rotatable bonds is 6. The van der Waals surface area contributed by atoms with E-state index in [1.807, 2.05) is 12.1 Å². The first-order valence-electron chi connectivity index (χ1n) is 6.93. The lowest BCUT2D eigenvalue weighted by molar-refractivity contribution is -0.0498. The third-order valence-corrected chi connectivity index (χ3v) is 3.79. The van der Waals surface area contributed by atoms with Gasteiger partial charge in [-0.1, -0.05) is 25.0 Å². The van der Waals surface area contributed by atoms with Gasteiger partial charge in [0.15, 0.2) is 0 Å². The number of hydrogen-bond donors (Lipinski definition) is 1. The number of ether oxygens (including phenoxy) is 1. The fourth-order valence-electron chi connectivity index (χ4n) is 2.61. The minimum atomic E-state index is -2.76. The van der Waals surface area contributed by atoms with Crippen molar-refractivity contribution < 1.29 is 13.5 Å². The first-order valence-corrected chi connectivity index (χ1v) is 6.93. The van der Waals surface area contributed by atoms with Gasteiger partial charge in [0.05, 0.1) is 0 Å². The maximum Gasteiger partial charge on any atom is 0.387 e. The third kappa shape index (κ3) is 4.46. The molecule has 19 heavy (non-hydrogen) atoms. The van der Waals surface area contributed by atoms with E-state index in [9.17, 15) is 8.78 Å². The van der Waals surface area contributed by atoms with E-state index in [-0.39, 0.29) is 11.8 Å². The summed E-state index contributed by atoms with van der Waals surface area (Å²) in [5.41, 5.74) is 1.10. The highest BCUT2D eigenvalue weighted by molar-refractivity contribution is 5.28. The Labute approximate surface area is 113 Å². The SMILES string of the molecule is CC(NCC1CCCC1)c1ccc(OC(F)F)cc1. The third-order valence-electron chi connectivity index (χ3n) is 3.79. The molecule has 0 saturated heterocycles. The molecule has 1 atom stereocenters. The molecule has 0 bridgehead atoms. The second-order valence-corrected chi connectivity index (χ2v) is 5.23. The molecule has 0 radical (unpaired) electrons. The Morgan fingerprint density at radius 3 is 2.42 bits per heavy atom.